The number of imidazole rings is 1. The summed E-state index contributed by atoms with van der Waals surface area (Å²) < 4.78 is 43.7. The first kappa shape index (κ1) is 25.8. The number of hydrogen-bond donors (Lipinski definition) is 1. The van der Waals surface area contributed by atoms with E-state index in [2.05, 4.69) is 42.2 Å². The Morgan fingerprint density at radius 2 is 1.97 bits per heavy atom. The van der Waals surface area contributed by atoms with Gasteiger partial charge in [0.15, 0.2) is 0 Å². The van der Waals surface area contributed by atoms with Gasteiger partial charge < -0.3 is 5.32 Å². The van der Waals surface area contributed by atoms with Crippen molar-refractivity contribution in [2.45, 2.75) is 59.2 Å². The standard InChI is InChI=1S/C26H29F3N8O/c1-25(2,3)15-36-20-8-7-19(31-22(20)34(4)24(36)38)18-11-16(5-6-17(18)12-30)13-35-9-10-37-21(14-35)32-23(33-37)26(27,28)29/h5-8,11,19,31H,9-10,13-15H2,1-4H3. The molecule has 1 atom stereocenters. The van der Waals surface area contributed by atoms with Gasteiger partial charge in [0.05, 0.1) is 36.5 Å². The van der Waals surface area contributed by atoms with Crippen molar-refractivity contribution >= 4 is 11.9 Å². The molecule has 2 aromatic heterocycles. The fourth-order valence-electron chi connectivity index (χ4n) is 4.98. The number of alkyl halides is 3. The molecular formula is C26H29F3N8O. The largest absolute Gasteiger partial charge is 0.453 e. The van der Waals surface area contributed by atoms with Crippen LogP contribution in [-0.4, -0.2) is 35.3 Å². The third-order valence-corrected chi connectivity index (χ3v) is 6.73. The van der Waals surface area contributed by atoms with Crippen LogP contribution in [0.2, 0.25) is 0 Å². The van der Waals surface area contributed by atoms with Crippen molar-refractivity contribution in [3.05, 3.63) is 68.8 Å². The molecule has 2 aliphatic heterocycles. The van der Waals surface area contributed by atoms with Crippen LogP contribution in [0, 0.1) is 16.7 Å². The van der Waals surface area contributed by atoms with E-state index >= 15 is 0 Å². The van der Waals surface area contributed by atoms with Gasteiger partial charge in [0.25, 0.3) is 5.82 Å². The monoisotopic (exact) mass is 526 g/mol. The summed E-state index contributed by atoms with van der Waals surface area (Å²) in [6.45, 7) is 8.36. The van der Waals surface area contributed by atoms with Gasteiger partial charge in [0.2, 0.25) is 0 Å². The maximum absolute atomic E-state index is 13.0. The first-order valence-electron chi connectivity index (χ1n) is 12.3. The Kier molecular flexibility index (Phi) is 6.22. The van der Waals surface area contributed by atoms with Gasteiger partial charge in [0.1, 0.15) is 11.6 Å². The molecule has 1 unspecified atom stereocenters. The highest BCUT2D eigenvalue weighted by Gasteiger charge is 2.38. The number of anilines is 1. The van der Waals surface area contributed by atoms with E-state index in [9.17, 15) is 23.2 Å². The molecule has 5 rings (SSSR count). The number of fused-ring (bicyclic) bond motifs is 2. The summed E-state index contributed by atoms with van der Waals surface area (Å²) in [6, 6.07) is 7.48. The van der Waals surface area contributed by atoms with Crippen LogP contribution < -0.4 is 11.0 Å². The molecular weight excluding hydrogens is 497 g/mol. The molecule has 0 radical (unpaired) electrons. The third-order valence-electron chi connectivity index (χ3n) is 6.73. The van der Waals surface area contributed by atoms with E-state index in [1.165, 1.54) is 4.68 Å². The SMILES string of the molecule is Cn1c2c(n(CC(C)(C)C)c1=O)C=CC(c1cc(CN3CCn4nc(C(F)(F)F)nc4C3)ccc1C#N)N2. The summed E-state index contributed by atoms with van der Waals surface area (Å²) in [4.78, 5) is 18.6. The normalized spacial score (nSPS) is 17.6. The van der Waals surface area contributed by atoms with E-state index < -0.39 is 12.0 Å². The fourth-order valence-corrected chi connectivity index (χ4v) is 4.98. The molecule has 0 saturated heterocycles. The minimum absolute atomic E-state index is 0.0814. The zero-order chi connectivity index (χ0) is 27.4. The van der Waals surface area contributed by atoms with Gasteiger partial charge in [0, 0.05) is 26.7 Å². The minimum Gasteiger partial charge on any atom is -0.359 e. The van der Waals surface area contributed by atoms with Gasteiger partial charge >= 0.3 is 11.9 Å². The molecule has 1 N–H and O–H groups in total. The van der Waals surface area contributed by atoms with Crippen molar-refractivity contribution in [2.75, 3.05) is 11.9 Å². The molecule has 0 saturated carbocycles. The average Bonchev–Trinajstić information content (AvgIpc) is 3.38. The minimum atomic E-state index is -4.57. The highest BCUT2D eigenvalue weighted by Crippen LogP contribution is 2.33. The van der Waals surface area contributed by atoms with Crippen molar-refractivity contribution < 1.29 is 13.2 Å². The van der Waals surface area contributed by atoms with Gasteiger partial charge in [-0.1, -0.05) is 39.0 Å². The number of nitrogens with one attached hydrogen (secondary N) is 1. The highest BCUT2D eigenvalue weighted by atomic mass is 19.4. The summed E-state index contributed by atoms with van der Waals surface area (Å²) in [5.41, 5.74) is 2.80. The van der Waals surface area contributed by atoms with Gasteiger partial charge in [-0.2, -0.15) is 18.4 Å². The van der Waals surface area contributed by atoms with Crippen LogP contribution in [0.3, 0.4) is 0 Å². The number of hydrogen-bond acceptors (Lipinski definition) is 6. The maximum Gasteiger partial charge on any atom is 0.453 e. The Hall–Kier alpha value is -3.85. The lowest BCUT2D eigenvalue weighted by Crippen LogP contribution is -2.33. The van der Waals surface area contributed by atoms with Crippen LogP contribution in [-0.2, 0) is 39.4 Å². The van der Waals surface area contributed by atoms with E-state index in [4.69, 9.17) is 0 Å². The van der Waals surface area contributed by atoms with Gasteiger partial charge in [-0.05, 0) is 28.7 Å². The smallest absolute Gasteiger partial charge is 0.359 e. The zero-order valence-electron chi connectivity index (χ0n) is 21.7. The maximum atomic E-state index is 13.0. The van der Waals surface area contributed by atoms with E-state index in [1.807, 2.05) is 29.2 Å². The van der Waals surface area contributed by atoms with E-state index in [0.29, 0.717) is 37.6 Å². The summed E-state index contributed by atoms with van der Waals surface area (Å²) in [5, 5.41) is 16.8. The summed E-state index contributed by atoms with van der Waals surface area (Å²) in [5.74, 6) is -0.144. The molecule has 0 aliphatic carbocycles. The van der Waals surface area contributed by atoms with Crippen molar-refractivity contribution in [1.82, 2.24) is 28.8 Å². The number of rotatable bonds is 4. The molecule has 0 amide bonds. The molecule has 38 heavy (non-hydrogen) atoms. The number of aromatic nitrogens is 5. The predicted octanol–water partition coefficient (Wildman–Crippen LogP) is 3.91. The van der Waals surface area contributed by atoms with E-state index in [1.54, 1.807) is 22.2 Å². The van der Waals surface area contributed by atoms with Crippen molar-refractivity contribution in [3.8, 4) is 6.07 Å². The topological polar surface area (TPSA) is 96.7 Å². The quantitative estimate of drug-likeness (QED) is 0.554. The lowest BCUT2D eigenvalue weighted by atomic mass is 9.95. The zero-order valence-corrected chi connectivity index (χ0v) is 21.7. The molecule has 2 aliphatic rings. The first-order valence-corrected chi connectivity index (χ1v) is 12.3. The summed E-state index contributed by atoms with van der Waals surface area (Å²) >= 11 is 0. The molecule has 12 heteroatoms. The van der Waals surface area contributed by atoms with E-state index in [-0.39, 0.29) is 29.5 Å². The Balaban J connectivity index is 1.38. The highest BCUT2D eigenvalue weighted by molar-refractivity contribution is 5.67. The number of benzene rings is 1. The second-order valence-corrected chi connectivity index (χ2v) is 11.0. The van der Waals surface area contributed by atoms with Gasteiger partial charge in [-0.25, -0.2) is 14.5 Å². The Bertz CT molecular complexity index is 1510. The van der Waals surface area contributed by atoms with Crippen molar-refractivity contribution in [2.24, 2.45) is 12.5 Å². The van der Waals surface area contributed by atoms with Crippen molar-refractivity contribution in [1.29, 1.82) is 5.26 Å². The van der Waals surface area contributed by atoms with Crippen LogP contribution in [0.5, 0.6) is 0 Å². The second-order valence-electron chi connectivity index (χ2n) is 11.0. The van der Waals surface area contributed by atoms with Crippen LogP contribution in [0.15, 0.2) is 29.1 Å². The Labute approximate surface area is 217 Å². The number of nitriles is 1. The van der Waals surface area contributed by atoms with Crippen LogP contribution in [0.25, 0.3) is 6.08 Å². The predicted molar refractivity (Wildman–Crippen MR) is 135 cm³/mol. The van der Waals surface area contributed by atoms with Gasteiger partial charge in [-0.3, -0.25) is 14.0 Å². The number of halogens is 3. The van der Waals surface area contributed by atoms with E-state index in [0.717, 1.165) is 16.8 Å². The molecule has 1 aromatic carbocycles. The molecule has 9 nitrogen and oxygen atoms in total. The average molecular weight is 527 g/mol. The first-order chi connectivity index (χ1) is 17.8. The molecule has 0 fully saturated rings. The second kappa shape index (κ2) is 9.16. The van der Waals surface area contributed by atoms with Gasteiger partial charge in [-0.15, -0.1) is 5.10 Å². The number of nitrogens with zero attached hydrogens (tertiary/aromatic N) is 7. The summed E-state index contributed by atoms with van der Waals surface area (Å²) in [6.07, 6.45) is -0.703. The lowest BCUT2D eigenvalue weighted by molar-refractivity contribution is -0.145. The third kappa shape index (κ3) is 4.86. The molecule has 200 valence electrons. The molecule has 0 spiro atoms. The van der Waals surface area contributed by atoms with Crippen LogP contribution in [0.1, 0.15) is 60.8 Å². The Morgan fingerprint density at radius 3 is 2.66 bits per heavy atom. The summed E-state index contributed by atoms with van der Waals surface area (Å²) in [7, 11) is 1.73. The lowest BCUT2D eigenvalue weighted by Gasteiger charge is -2.27. The molecule has 4 heterocycles. The fraction of sp³-hybridized carbons (Fsp3) is 0.462. The van der Waals surface area contributed by atoms with Crippen molar-refractivity contribution in [3.63, 3.8) is 0 Å². The molecule has 3 aromatic rings. The van der Waals surface area contributed by atoms with Crippen LogP contribution >= 0.6 is 0 Å². The molecule has 0 bridgehead atoms. The van der Waals surface area contributed by atoms with Crippen LogP contribution in [0.4, 0.5) is 19.0 Å². The Morgan fingerprint density at radius 1 is 1.21 bits per heavy atom.